The molecule has 0 bridgehead atoms. The van der Waals surface area contributed by atoms with Gasteiger partial charge in [0.15, 0.2) is 0 Å². The second-order valence-corrected chi connectivity index (χ2v) is 8.13. The molecule has 1 amide bonds. The maximum atomic E-state index is 13.3. The first-order chi connectivity index (χ1) is 16.3. The van der Waals surface area contributed by atoms with Crippen molar-refractivity contribution in [2.24, 2.45) is 0 Å². The second-order valence-electron chi connectivity index (χ2n) is 8.13. The summed E-state index contributed by atoms with van der Waals surface area (Å²) in [6.45, 7) is 8.56. The number of carbonyl (C=O) groups is 1. The minimum atomic E-state index is -0.581. The van der Waals surface area contributed by atoms with Crippen molar-refractivity contribution >= 4 is 17.6 Å². The zero-order valence-electron chi connectivity index (χ0n) is 19.8. The molecule has 0 aliphatic carbocycles. The SMILES string of the molecule is Cc1ccc(Oc2nc3ccccn3c(=O)c2C=C(C#N)C(=O)NCCCOC(C)C)c(C)c1. The number of hydrogen-bond acceptors (Lipinski definition) is 6. The van der Waals surface area contributed by atoms with Crippen LogP contribution in [0.1, 0.15) is 37.0 Å². The molecular formula is C26H28N4O4. The highest BCUT2D eigenvalue weighted by atomic mass is 16.5. The van der Waals surface area contributed by atoms with E-state index in [1.807, 2.05) is 45.9 Å². The molecule has 3 aromatic rings. The fourth-order valence-corrected chi connectivity index (χ4v) is 3.28. The number of nitrogens with zero attached hydrogens (tertiary/aromatic N) is 3. The lowest BCUT2D eigenvalue weighted by molar-refractivity contribution is -0.117. The normalized spacial score (nSPS) is 11.5. The van der Waals surface area contributed by atoms with Crippen molar-refractivity contribution in [2.45, 2.75) is 40.2 Å². The van der Waals surface area contributed by atoms with Crippen LogP contribution < -0.4 is 15.6 Å². The molecule has 0 saturated heterocycles. The molecule has 1 aromatic carbocycles. The second kappa shape index (κ2) is 11.3. The molecule has 0 fully saturated rings. The summed E-state index contributed by atoms with van der Waals surface area (Å²) in [4.78, 5) is 30.3. The molecule has 0 unspecified atom stereocenters. The highest BCUT2D eigenvalue weighted by Gasteiger charge is 2.17. The Hall–Kier alpha value is -3.96. The van der Waals surface area contributed by atoms with Gasteiger partial charge in [0.1, 0.15) is 28.6 Å². The lowest BCUT2D eigenvalue weighted by Gasteiger charge is -2.12. The van der Waals surface area contributed by atoms with Crippen molar-refractivity contribution in [1.82, 2.24) is 14.7 Å². The minimum absolute atomic E-state index is 0.0125. The van der Waals surface area contributed by atoms with E-state index in [1.54, 1.807) is 30.5 Å². The zero-order chi connectivity index (χ0) is 24.7. The first-order valence-corrected chi connectivity index (χ1v) is 11.1. The average Bonchev–Trinajstić information content (AvgIpc) is 2.80. The fraction of sp³-hybridized carbons (Fsp3) is 0.308. The smallest absolute Gasteiger partial charge is 0.269 e. The van der Waals surface area contributed by atoms with Crippen LogP contribution in [0, 0.1) is 25.2 Å². The van der Waals surface area contributed by atoms with Gasteiger partial charge < -0.3 is 14.8 Å². The number of nitrogens with one attached hydrogen (secondary N) is 1. The van der Waals surface area contributed by atoms with E-state index in [1.165, 1.54) is 10.5 Å². The van der Waals surface area contributed by atoms with Crippen LogP contribution in [0.4, 0.5) is 0 Å². The van der Waals surface area contributed by atoms with Crippen LogP contribution in [0.3, 0.4) is 0 Å². The predicted molar refractivity (Wildman–Crippen MR) is 130 cm³/mol. The van der Waals surface area contributed by atoms with Crippen LogP contribution in [0.2, 0.25) is 0 Å². The summed E-state index contributed by atoms with van der Waals surface area (Å²) in [6, 6.07) is 12.7. The number of pyridine rings is 1. The Morgan fingerprint density at radius 1 is 1.26 bits per heavy atom. The molecule has 3 rings (SSSR count). The number of nitriles is 1. The molecular weight excluding hydrogens is 432 g/mol. The summed E-state index contributed by atoms with van der Waals surface area (Å²) in [6.07, 6.45) is 3.51. The van der Waals surface area contributed by atoms with Crippen molar-refractivity contribution in [1.29, 1.82) is 5.26 Å². The maximum absolute atomic E-state index is 13.3. The summed E-state index contributed by atoms with van der Waals surface area (Å²) in [5.41, 5.74) is 1.67. The van der Waals surface area contributed by atoms with Gasteiger partial charge >= 0.3 is 0 Å². The Balaban J connectivity index is 1.97. The Morgan fingerprint density at radius 2 is 2.06 bits per heavy atom. The van der Waals surface area contributed by atoms with Crippen LogP contribution >= 0.6 is 0 Å². The molecule has 34 heavy (non-hydrogen) atoms. The van der Waals surface area contributed by atoms with Gasteiger partial charge in [-0.05, 0) is 64.0 Å². The van der Waals surface area contributed by atoms with Crippen molar-refractivity contribution < 1.29 is 14.3 Å². The number of aryl methyl sites for hydroxylation is 2. The van der Waals surface area contributed by atoms with Gasteiger partial charge in [-0.2, -0.15) is 10.2 Å². The van der Waals surface area contributed by atoms with E-state index in [0.717, 1.165) is 11.1 Å². The number of hydrogen-bond donors (Lipinski definition) is 1. The summed E-state index contributed by atoms with van der Waals surface area (Å²) in [5.74, 6) is -0.0309. The summed E-state index contributed by atoms with van der Waals surface area (Å²) in [5, 5.41) is 12.3. The third-order valence-corrected chi connectivity index (χ3v) is 4.98. The van der Waals surface area contributed by atoms with E-state index in [4.69, 9.17) is 9.47 Å². The van der Waals surface area contributed by atoms with E-state index in [9.17, 15) is 14.9 Å². The third-order valence-electron chi connectivity index (χ3n) is 4.98. The van der Waals surface area contributed by atoms with Crippen molar-refractivity contribution in [3.8, 4) is 17.7 Å². The molecule has 176 valence electrons. The fourth-order valence-electron chi connectivity index (χ4n) is 3.28. The highest BCUT2D eigenvalue weighted by molar-refractivity contribution is 6.01. The Bertz CT molecular complexity index is 1320. The van der Waals surface area contributed by atoms with Gasteiger partial charge in [0.25, 0.3) is 11.5 Å². The molecule has 2 heterocycles. The predicted octanol–water partition coefficient (Wildman–Crippen LogP) is 3.94. The average molecular weight is 461 g/mol. The van der Waals surface area contributed by atoms with Gasteiger partial charge in [-0.15, -0.1) is 0 Å². The van der Waals surface area contributed by atoms with E-state index in [-0.39, 0.29) is 23.1 Å². The topological polar surface area (TPSA) is 106 Å². The van der Waals surface area contributed by atoms with Gasteiger partial charge in [0, 0.05) is 19.3 Å². The van der Waals surface area contributed by atoms with Gasteiger partial charge in [-0.3, -0.25) is 14.0 Å². The molecule has 0 spiro atoms. The van der Waals surface area contributed by atoms with Crippen molar-refractivity contribution in [3.63, 3.8) is 0 Å². The van der Waals surface area contributed by atoms with Crippen LogP contribution in [0.5, 0.6) is 11.6 Å². The molecule has 1 N–H and O–H groups in total. The Morgan fingerprint density at radius 3 is 2.76 bits per heavy atom. The quantitative estimate of drug-likeness (QED) is 0.295. The zero-order valence-corrected chi connectivity index (χ0v) is 19.8. The van der Waals surface area contributed by atoms with E-state index in [0.29, 0.717) is 31.0 Å². The number of amides is 1. The van der Waals surface area contributed by atoms with Crippen LogP contribution in [-0.4, -0.2) is 34.5 Å². The molecule has 0 radical (unpaired) electrons. The first kappa shape index (κ1) is 24.7. The largest absolute Gasteiger partial charge is 0.438 e. The molecule has 0 saturated carbocycles. The van der Waals surface area contributed by atoms with Gasteiger partial charge in [-0.1, -0.05) is 23.8 Å². The summed E-state index contributed by atoms with van der Waals surface area (Å²) < 4.78 is 12.8. The van der Waals surface area contributed by atoms with Gasteiger partial charge in [0.2, 0.25) is 5.88 Å². The summed E-state index contributed by atoms with van der Waals surface area (Å²) in [7, 11) is 0. The third kappa shape index (κ3) is 6.09. The van der Waals surface area contributed by atoms with Crippen molar-refractivity contribution in [2.75, 3.05) is 13.2 Å². The molecule has 8 nitrogen and oxygen atoms in total. The van der Waals surface area contributed by atoms with Gasteiger partial charge in [-0.25, -0.2) is 0 Å². The number of aromatic nitrogens is 2. The monoisotopic (exact) mass is 460 g/mol. The number of benzene rings is 1. The van der Waals surface area contributed by atoms with E-state index >= 15 is 0 Å². The molecule has 8 heteroatoms. The first-order valence-electron chi connectivity index (χ1n) is 11.1. The maximum Gasteiger partial charge on any atom is 0.269 e. The number of ether oxygens (including phenoxy) is 2. The molecule has 0 aliphatic rings. The number of carbonyl (C=O) groups excluding carboxylic acids is 1. The van der Waals surface area contributed by atoms with Crippen LogP contribution in [0.15, 0.2) is 53.0 Å². The molecule has 0 atom stereocenters. The molecule has 0 aliphatic heterocycles. The lowest BCUT2D eigenvalue weighted by atomic mass is 10.1. The lowest BCUT2D eigenvalue weighted by Crippen LogP contribution is -2.27. The number of fused-ring (bicyclic) bond motifs is 1. The van der Waals surface area contributed by atoms with Crippen molar-refractivity contribution in [3.05, 3.63) is 75.2 Å². The number of rotatable bonds is 9. The van der Waals surface area contributed by atoms with Gasteiger partial charge in [0.05, 0.1) is 6.10 Å². The highest BCUT2D eigenvalue weighted by Crippen LogP contribution is 2.27. The summed E-state index contributed by atoms with van der Waals surface area (Å²) >= 11 is 0. The van der Waals surface area contributed by atoms with Crippen LogP contribution in [0.25, 0.3) is 11.7 Å². The minimum Gasteiger partial charge on any atom is -0.438 e. The Kier molecular flexibility index (Phi) is 8.17. The van der Waals surface area contributed by atoms with E-state index in [2.05, 4.69) is 10.3 Å². The Labute approximate surface area is 198 Å². The molecule has 2 aromatic heterocycles. The van der Waals surface area contributed by atoms with E-state index < -0.39 is 11.5 Å². The van der Waals surface area contributed by atoms with Crippen LogP contribution in [-0.2, 0) is 9.53 Å². The standard InChI is InChI=1S/C26H28N4O4/c1-17(2)33-13-7-11-28-24(31)20(16-27)15-21-25(34-22-10-9-18(3)14-19(22)4)29-23-8-5-6-12-30(23)26(21)32/h5-6,8-10,12,14-15,17H,7,11,13H2,1-4H3,(H,28,31).